The number of hydrogen-bond acceptors (Lipinski definition) is 6. The smallest absolute Gasteiger partial charge is 0.154 e. The van der Waals surface area contributed by atoms with Gasteiger partial charge in [-0.2, -0.15) is 0 Å². The number of nitrogens with one attached hydrogen (secondary N) is 2. The number of rotatable bonds is 0. The molecule has 0 unspecified atom stereocenters. The maximum Gasteiger partial charge on any atom is 0.154 e. The second-order valence-electron chi connectivity index (χ2n) is 6.22. The van der Waals surface area contributed by atoms with Crippen LogP contribution in [0.4, 0.5) is 0 Å². The summed E-state index contributed by atoms with van der Waals surface area (Å²) in [5, 5.41) is 6.10. The largest absolute Gasteiger partial charge is 0.315 e. The summed E-state index contributed by atoms with van der Waals surface area (Å²) in [6.45, 7) is 3.19. The summed E-state index contributed by atoms with van der Waals surface area (Å²) in [5.74, 6) is 1.68. The highest BCUT2D eigenvalue weighted by atomic mass is 35.5. The zero-order valence-corrected chi connectivity index (χ0v) is 15.5. The maximum absolute atomic E-state index is 11.2. The molecule has 22 heavy (non-hydrogen) atoms. The van der Waals surface area contributed by atoms with Crippen LogP contribution in [0.25, 0.3) is 0 Å². The highest BCUT2D eigenvalue weighted by Gasteiger charge is 2.43. The van der Waals surface area contributed by atoms with Crippen LogP contribution in [0.2, 0.25) is 0 Å². The van der Waals surface area contributed by atoms with Gasteiger partial charge in [0.15, 0.2) is 19.7 Å². The van der Waals surface area contributed by atoms with Crippen molar-refractivity contribution in [2.45, 2.75) is 23.3 Å². The lowest BCUT2D eigenvalue weighted by molar-refractivity contribution is 0.575. The Bertz CT molecular complexity index is 530. The molecule has 2 N–H and O–H groups in total. The van der Waals surface area contributed by atoms with Gasteiger partial charge in [-0.05, 0) is 37.8 Å². The minimum absolute atomic E-state index is 0. The van der Waals surface area contributed by atoms with Crippen molar-refractivity contribution in [3.63, 3.8) is 0 Å². The van der Waals surface area contributed by atoms with E-state index >= 15 is 0 Å². The second-order valence-corrected chi connectivity index (χ2v) is 10.9. The van der Waals surface area contributed by atoms with Gasteiger partial charge in [-0.3, -0.25) is 0 Å². The van der Waals surface area contributed by atoms with Crippen LogP contribution in [0.3, 0.4) is 0 Å². The lowest BCUT2D eigenvalue weighted by Gasteiger charge is -2.03. The van der Waals surface area contributed by atoms with Crippen molar-refractivity contribution in [1.82, 2.24) is 10.6 Å². The molecule has 10 heteroatoms. The molecule has 0 saturated carbocycles. The fourth-order valence-corrected chi connectivity index (χ4v) is 8.02. The van der Waals surface area contributed by atoms with Crippen LogP contribution in [0, 0.1) is 11.8 Å². The normalized spacial score (nSPS) is 39.6. The monoisotopic (exact) mass is 394 g/mol. The zero-order valence-electron chi connectivity index (χ0n) is 12.2. The van der Waals surface area contributed by atoms with Gasteiger partial charge in [0, 0.05) is 13.1 Å². The Balaban J connectivity index is 0.000000202. The number of sulfone groups is 2. The first kappa shape index (κ1) is 20.4. The van der Waals surface area contributed by atoms with Gasteiger partial charge in [-0.15, -0.1) is 24.8 Å². The standard InChI is InChI=1S/2C6H11NO2S.2ClH/c2*8-10(9)2-1-5-3-7-4-6(5)10;;/h2*5-7H,1-4H2;2*1H/t2*5-,6+;;/m10../s1. The first-order valence-electron chi connectivity index (χ1n) is 7.25. The molecule has 6 nitrogen and oxygen atoms in total. The predicted molar refractivity (Wildman–Crippen MR) is 91.6 cm³/mol. The molecule has 0 spiro atoms. The van der Waals surface area contributed by atoms with Gasteiger partial charge in [0.2, 0.25) is 0 Å². The van der Waals surface area contributed by atoms with E-state index in [1.54, 1.807) is 0 Å². The second kappa shape index (κ2) is 7.53. The average Bonchev–Trinajstić information content (AvgIpc) is 3.08. The van der Waals surface area contributed by atoms with E-state index in [1.807, 2.05) is 0 Å². The SMILES string of the molecule is Cl.Cl.O=S1(=O)CC[C@@H]2CNC[C@@H]21.O=S1(=O)CC[C@H]2CNC[C@H]21. The molecule has 4 atom stereocenters. The molecule has 4 aliphatic heterocycles. The van der Waals surface area contributed by atoms with Crippen LogP contribution in [-0.2, 0) is 19.7 Å². The average molecular weight is 395 g/mol. The zero-order chi connectivity index (χ0) is 14.4. The van der Waals surface area contributed by atoms with Crippen LogP contribution < -0.4 is 10.6 Å². The molecular formula is C12H24Cl2N2O4S2. The van der Waals surface area contributed by atoms with Gasteiger partial charge in [0.25, 0.3) is 0 Å². The van der Waals surface area contributed by atoms with Crippen molar-refractivity contribution < 1.29 is 16.8 Å². The van der Waals surface area contributed by atoms with E-state index in [0.717, 1.165) is 25.9 Å². The highest BCUT2D eigenvalue weighted by Crippen LogP contribution is 2.29. The van der Waals surface area contributed by atoms with Crippen molar-refractivity contribution in [2.24, 2.45) is 11.8 Å². The summed E-state index contributed by atoms with van der Waals surface area (Å²) in [6, 6.07) is 0. The first-order valence-corrected chi connectivity index (χ1v) is 10.7. The summed E-state index contributed by atoms with van der Waals surface area (Å²) in [4.78, 5) is 0. The molecule has 0 aliphatic carbocycles. The van der Waals surface area contributed by atoms with Gasteiger partial charge in [0.05, 0.1) is 22.0 Å². The maximum atomic E-state index is 11.2. The molecule has 4 rings (SSSR count). The van der Waals surface area contributed by atoms with Crippen molar-refractivity contribution in [3.8, 4) is 0 Å². The van der Waals surface area contributed by atoms with E-state index in [9.17, 15) is 16.8 Å². The lowest BCUT2D eigenvalue weighted by Crippen LogP contribution is -2.22. The van der Waals surface area contributed by atoms with Gasteiger partial charge in [-0.25, -0.2) is 16.8 Å². The minimum atomic E-state index is -2.69. The molecular weight excluding hydrogens is 371 g/mol. The Hall–Kier alpha value is 0.400. The third kappa shape index (κ3) is 3.89. The summed E-state index contributed by atoms with van der Waals surface area (Å²) >= 11 is 0. The van der Waals surface area contributed by atoms with E-state index in [1.165, 1.54) is 0 Å². The van der Waals surface area contributed by atoms with Crippen molar-refractivity contribution >= 4 is 44.5 Å². The number of halogens is 2. The Morgan fingerprint density at radius 2 is 1.00 bits per heavy atom. The van der Waals surface area contributed by atoms with Crippen LogP contribution in [0.15, 0.2) is 0 Å². The summed E-state index contributed by atoms with van der Waals surface area (Å²) in [5.41, 5.74) is 0. The molecule has 0 aromatic rings. The Morgan fingerprint density at radius 1 is 0.636 bits per heavy atom. The molecule has 0 aromatic heterocycles. The van der Waals surface area contributed by atoms with Crippen molar-refractivity contribution in [1.29, 1.82) is 0 Å². The minimum Gasteiger partial charge on any atom is -0.315 e. The summed E-state index contributed by atoms with van der Waals surface area (Å²) in [7, 11) is -5.37. The van der Waals surface area contributed by atoms with Crippen LogP contribution >= 0.6 is 24.8 Å². The molecule has 4 saturated heterocycles. The third-order valence-electron chi connectivity index (χ3n) is 5.02. The molecule has 0 bridgehead atoms. The predicted octanol–water partition coefficient (Wildman–Crippen LogP) is -0.371. The third-order valence-corrected chi connectivity index (χ3v) is 9.58. The highest BCUT2D eigenvalue weighted by molar-refractivity contribution is 7.92. The number of fused-ring (bicyclic) bond motifs is 2. The fourth-order valence-electron chi connectivity index (χ4n) is 3.77. The van der Waals surface area contributed by atoms with Crippen molar-refractivity contribution in [2.75, 3.05) is 37.7 Å². The van der Waals surface area contributed by atoms with E-state index in [-0.39, 0.29) is 35.3 Å². The van der Waals surface area contributed by atoms with E-state index in [0.29, 0.717) is 36.4 Å². The van der Waals surface area contributed by atoms with Crippen LogP contribution in [0.5, 0.6) is 0 Å². The Morgan fingerprint density at radius 3 is 1.32 bits per heavy atom. The van der Waals surface area contributed by atoms with Gasteiger partial charge in [-0.1, -0.05) is 0 Å². The molecule has 4 fully saturated rings. The van der Waals surface area contributed by atoms with Gasteiger partial charge in [0.1, 0.15) is 0 Å². The van der Waals surface area contributed by atoms with E-state index < -0.39 is 19.7 Å². The molecule has 0 amide bonds. The molecule has 0 aromatic carbocycles. The van der Waals surface area contributed by atoms with Gasteiger partial charge < -0.3 is 10.6 Å². The van der Waals surface area contributed by atoms with Crippen LogP contribution in [0.1, 0.15) is 12.8 Å². The Kier molecular flexibility index (Phi) is 6.99. The van der Waals surface area contributed by atoms with E-state index in [2.05, 4.69) is 10.6 Å². The van der Waals surface area contributed by atoms with Crippen molar-refractivity contribution in [3.05, 3.63) is 0 Å². The Labute approximate surface area is 144 Å². The number of hydrogen-bond donors (Lipinski definition) is 2. The molecule has 4 aliphatic rings. The quantitative estimate of drug-likeness (QED) is 0.582. The van der Waals surface area contributed by atoms with Crippen LogP contribution in [-0.4, -0.2) is 65.0 Å². The lowest BCUT2D eigenvalue weighted by atomic mass is 10.1. The van der Waals surface area contributed by atoms with Gasteiger partial charge >= 0.3 is 0 Å². The summed E-state index contributed by atoms with van der Waals surface area (Å²) in [6.07, 6.45) is 1.75. The summed E-state index contributed by atoms with van der Waals surface area (Å²) < 4.78 is 44.8. The van der Waals surface area contributed by atoms with E-state index in [4.69, 9.17) is 0 Å². The first-order chi connectivity index (χ1) is 9.40. The fraction of sp³-hybridized carbons (Fsp3) is 1.00. The molecule has 0 radical (unpaired) electrons. The topological polar surface area (TPSA) is 92.3 Å². The molecule has 132 valence electrons. The molecule has 4 heterocycles.